The minimum Gasteiger partial charge on any atom is -0.444 e. The quantitative estimate of drug-likeness (QED) is 0.827. The smallest absolute Gasteiger partial charge is 0.315 e. The van der Waals surface area contributed by atoms with E-state index in [1.54, 1.807) is 0 Å². The summed E-state index contributed by atoms with van der Waals surface area (Å²) in [6.07, 6.45) is 0. The molecule has 2 aromatic rings. The molecule has 0 fully saturated rings. The lowest BCUT2D eigenvalue weighted by atomic mass is 10.4. The van der Waals surface area contributed by atoms with Gasteiger partial charge in [-0.15, -0.1) is 16.7 Å². The summed E-state index contributed by atoms with van der Waals surface area (Å²) in [6, 6.07) is 0.309. The average molecular weight is 243 g/mol. The number of aromatic nitrogens is 3. The fraction of sp³-hybridized carbons (Fsp3) is 0.444. The Hall–Kier alpha value is -1.56. The van der Waals surface area contributed by atoms with E-state index in [0.717, 1.165) is 11.5 Å². The largest absolute Gasteiger partial charge is 0.444 e. The molecule has 0 bridgehead atoms. The molecule has 2 rings (SSSR count). The number of aryl methyl sites for hydroxylation is 2. The molecule has 16 heavy (non-hydrogen) atoms. The molecule has 0 aromatic carbocycles. The second-order valence-electron chi connectivity index (χ2n) is 3.24. The van der Waals surface area contributed by atoms with Crippen LogP contribution in [0.15, 0.2) is 8.83 Å². The van der Waals surface area contributed by atoms with Crippen LogP contribution < -0.4 is 5.32 Å². The van der Waals surface area contributed by atoms with Gasteiger partial charge in [0.25, 0.3) is 0 Å². The fourth-order valence-electron chi connectivity index (χ4n) is 1.15. The van der Waals surface area contributed by atoms with E-state index in [4.69, 9.17) is 20.4 Å². The molecule has 1 N–H and O–H groups in total. The van der Waals surface area contributed by atoms with E-state index < -0.39 is 0 Å². The third-order valence-electron chi connectivity index (χ3n) is 2.04. The Balaban J connectivity index is 1.96. The van der Waals surface area contributed by atoms with E-state index in [2.05, 4.69) is 20.5 Å². The molecule has 0 aliphatic carbocycles. The predicted molar refractivity (Wildman–Crippen MR) is 57.2 cm³/mol. The molecule has 7 heteroatoms. The Kier molecular flexibility index (Phi) is 3.09. The average Bonchev–Trinajstić information content (AvgIpc) is 2.84. The molecule has 0 spiro atoms. The third kappa shape index (κ3) is 2.33. The molecule has 6 nitrogen and oxygen atoms in total. The van der Waals surface area contributed by atoms with Gasteiger partial charge in [-0.1, -0.05) is 5.10 Å². The van der Waals surface area contributed by atoms with E-state index in [-0.39, 0.29) is 5.88 Å². The van der Waals surface area contributed by atoms with Gasteiger partial charge in [0.1, 0.15) is 11.6 Å². The topological polar surface area (TPSA) is 77.0 Å². The van der Waals surface area contributed by atoms with Crippen LogP contribution in [0.25, 0.3) is 0 Å². The Morgan fingerprint density at radius 1 is 1.19 bits per heavy atom. The number of rotatable bonds is 4. The Labute approximate surface area is 97.0 Å². The highest BCUT2D eigenvalue weighted by Crippen LogP contribution is 2.11. The number of alkyl halides is 1. The summed E-state index contributed by atoms with van der Waals surface area (Å²) in [5.41, 5.74) is 0.878. The normalized spacial score (nSPS) is 10.7. The van der Waals surface area contributed by atoms with Crippen LogP contribution in [-0.4, -0.2) is 15.2 Å². The molecule has 0 unspecified atom stereocenters. The van der Waals surface area contributed by atoms with Crippen molar-refractivity contribution in [1.82, 2.24) is 15.2 Å². The molecule has 0 radical (unpaired) electrons. The second-order valence-corrected chi connectivity index (χ2v) is 3.50. The lowest BCUT2D eigenvalue weighted by molar-refractivity contribution is 0.471. The third-order valence-corrected chi connectivity index (χ3v) is 2.27. The summed E-state index contributed by atoms with van der Waals surface area (Å²) in [6.45, 7) is 4.16. The van der Waals surface area contributed by atoms with Crippen molar-refractivity contribution in [2.24, 2.45) is 0 Å². The summed E-state index contributed by atoms with van der Waals surface area (Å²) >= 11 is 5.53. The molecule has 0 amide bonds. The Morgan fingerprint density at radius 3 is 2.56 bits per heavy atom. The first-order valence-corrected chi connectivity index (χ1v) is 5.27. The van der Waals surface area contributed by atoms with Crippen molar-refractivity contribution in [3.05, 3.63) is 23.2 Å². The number of oxazole rings is 1. The molecule has 0 aliphatic rings. The minimum atomic E-state index is 0.200. The van der Waals surface area contributed by atoms with Crippen molar-refractivity contribution >= 4 is 17.6 Å². The van der Waals surface area contributed by atoms with Gasteiger partial charge in [0.05, 0.1) is 12.2 Å². The highest BCUT2D eigenvalue weighted by molar-refractivity contribution is 6.16. The maximum atomic E-state index is 5.53. The highest BCUT2D eigenvalue weighted by atomic mass is 35.5. The monoisotopic (exact) mass is 242 g/mol. The minimum absolute atomic E-state index is 0.200. The van der Waals surface area contributed by atoms with Gasteiger partial charge in [-0.3, -0.25) is 0 Å². The van der Waals surface area contributed by atoms with E-state index in [1.807, 2.05) is 13.8 Å². The predicted octanol–water partition coefficient (Wildman–Crippen LogP) is 2.03. The van der Waals surface area contributed by atoms with Crippen LogP contribution in [0.1, 0.15) is 23.2 Å². The molecule has 0 saturated carbocycles. The summed E-state index contributed by atoms with van der Waals surface area (Å²) in [4.78, 5) is 4.21. The molecule has 2 heterocycles. The van der Waals surface area contributed by atoms with Gasteiger partial charge >= 0.3 is 6.01 Å². The van der Waals surface area contributed by atoms with Gasteiger partial charge in [-0.05, 0) is 13.8 Å². The van der Waals surface area contributed by atoms with E-state index >= 15 is 0 Å². The second kappa shape index (κ2) is 4.52. The van der Waals surface area contributed by atoms with Gasteiger partial charge in [0.2, 0.25) is 11.8 Å². The lowest BCUT2D eigenvalue weighted by Gasteiger charge is -1.95. The van der Waals surface area contributed by atoms with Crippen molar-refractivity contribution in [3.63, 3.8) is 0 Å². The van der Waals surface area contributed by atoms with Crippen LogP contribution in [0, 0.1) is 13.8 Å². The van der Waals surface area contributed by atoms with Crippen molar-refractivity contribution in [2.45, 2.75) is 26.3 Å². The SMILES string of the molecule is Cc1nc(CNc2nnc(CCl)o2)oc1C. The maximum Gasteiger partial charge on any atom is 0.315 e. The van der Waals surface area contributed by atoms with Gasteiger partial charge < -0.3 is 14.2 Å². The van der Waals surface area contributed by atoms with Crippen LogP contribution in [0.4, 0.5) is 6.01 Å². The van der Waals surface area contributed by atoms with Crippen molar-refractivity contribution in [3.8, 4) is 0 Å². The van der Waals surface area contributed by atoms with Gasteiger partial charge in [0, 0.05) is 0 Å². The zero-order chi connectivity index (χ0) is 11.5. The van der Waals surface area contributed by atoms with Crippen LogP contribution in [0.2, 0.25) is 0 Å². The van der Waals surface area contributed by atoms with Crippen LogP contribution in [0.3, 0.4) is 0 Å². The summed E-state index contributed by atoms with van der Waals surface area (Å²) in [5, 5.41) is 10.4. The molecule has 2 aromatic heterocycles. The maximum absolute atomic E-state index is 5.53. The van der Waals surface area contributed by atoms with Crippen LogP contribution in [-0.2, 0) is 12.4 Å². The number of halogens is 1. The van der Waals surface area contributed by atoms with E-state index in [0.29, 0.717) is 24.3 Å². The molecular weight excluding hydrogens is 232 g/mol. The zero-order valence-electron chi connectivity index (χ0n) is 8.95. The number of anilines is 1. The van der Waals surface area contributed by atoms with E-state index in [1.165, 1.54) is 0 Å². The van der Waals surface area contributed by atoms with Crippen molar-refractivity contribution < 1.29 is 8.83 Å². The molecular formula is C9H11ClN4O2. The first-order valence-electron chi connectivity index (χ1n) is 4.74. The number of nitrogens with one attached hydrogen (secondary N) is 1. The van der Waals surface area contributed by atoms with Crippen LogP contribution in [0.5, 0.6) is 0 Å². The number of nitrogens with zero attached hydrogens (tertiary/aromatic N) is 3. The van der Waals surface area contributed by atoms with Gasteiger partial charge in [-0.25, -0.2) is 4.98 Å². The Bertz CT molecular complexity index is 460. The number of hydrogen-bond acceptors (Lipinski definition) is 6. The van der Waals surface area contributed by atoms with Gasteiger partial charge in [0.15, 0.2) is 0 Å². The molecule has 0 saturated heterocycles. The van der Waals surface area contributed by atoms with Crippen LogP contribution >= 0.6 is 11.6 Å². The lowest BCUT2D eigenvalue weighted by Crippen LogP contribution is -1.99. The fourth-order valence-corrected chi connectivity index (χ4v) is 1.25. The van der Waals surface area contributed by atoms with Crippen molar-refractivity contribution in [2.75, 3.05) is 5.32 Å². The summed E-state index contributed by atoms with van der Waals surface area (Å²) < 4.78 is 10.5. The standard InChI is InChI=1S/C9H11ClN4O2/c1-5-6(2)15-8(12-5)4-11-9-14-13-7(3-10)16-9/h3-4H2,1-2H3,(H,11,14). The zero-order valence-corrected chi connectivity index (χ0v) is 9.71. The summed E-state index contributed by atoms with van der Waals surface area (Å²) in [7, 11) is 0. The van der Waals surface area contributed by atoms with E-state index in [9.17, 15) is 0 Å². The molecule has 0 atom stereocenters. The summed E-state index contributed by atoms with van der Waals surface area (Å²) in [5.74, 6) is 1.97. The first kappa shape index (κ1) is 10.9. The molecule has 0 aliphatic heterocycles. The first-order chi connectivity index (χ1) is 7.69. The van der Waals surface area contributed by atoms with Crippen molar-refractivity contribution in [1.29, 1.82) is 0 Å². The Morgan fingerprint density at radius 2 is 2.00 bits per heavy atom. The highest BCUT2D eigenvalue weighted by Gasteiger charge is 2.08. The van der Waals surface area contributed by atoms with Gasteiger partial charge in [-0.2, -0.15) is 0 Å². The molecule has 86 valence electrons. The number of hydrogen-bond donors (Lipinski definition) is 1.